The van der Waals surface area contributed by atoms with Crippen molar-refractivity contribution < 1.29 is 28.2 Å². The van der Waals surface area contributed by atoms with Crippen LogP contribution in [0, 0.1) is 0 Å². The normalized spacial score (nSPS) is 10.2. The molecule has 0 aliphatic carbocycles. The summed E-state index contributed by atoms with van der Waals surface area (Å²) in [4.78, 5) is 23.8. The summed E-state index contributed by atoms with van der Waals surface area (Å²) in [7, 11) is 0. The number of amides is 1. The maximum Gasteiger partial charge on any atom is 0.387 e. The van der Waals surface area contributed by atoms with Gasteiger partial charge in [-0.15, -0.1) is 6.58 Å². The van der Waals surface area contributed by atoms with Gasteiger partial charge in [-0.1, -0.05) is 18.2 Å². The Hall–Kier alpha value is -2.44. The highest BCUT2D eigenvalue weighted by molar-refractivity contribution is 5.98. The van der Waals surface area contributed by atoms with E-state index < -0.39 is 25.0 Å². The molecule has 0 aliphatic heterocycles. The van der Waals surface area contributed by atoms with Crippen LogP contribution >= 0.6 is 0 Å². The number of hydrogen-bond donors (Lipinski definition) is 1. The van der Waals surface area contributed by atoms with Gasteiger partial charge in [0.05, 0.1) is 5.56 Å². The standard InChI is InChI=1S/C13H13F2NO4/c1-2-7-16(8-11(17)18)12(19)9-5-3-4-6-10(9)20-13(14)15/h2-6,13H,1,7-8H2,(H,17,18). The van der Waals surface area contributed by atoms with Crippen LogP contribution in [0.3, 0.4) is 0 Å². The summed E-state index contributed by atoms with van der Waals surface area (Å²) >= 11 is 0. The lowest BCUT2D eigenvalue weighted by atomic mass is 10.1. The van der Waals surface area contributed by atoms with Crippen LogP contribution in [0.25, 0.3) is 0 Å². The van der Waals surface area contributed by atoms with Gasteiger partial charge in [-0.05, 0) is 12.1 Å². The van der Waals surface area contributed by atoms with E-state index in [0.717, 1.165) is 4.90 Å². The second kappa shape index (κ2) is 7.22. The molecular formula is C13H13F2NO4. The Labute approximate surface area is 114 Å². The van der Waals surface area contributed by atoms with Crippen molar-refractivity contribution in [1.29, 1.82) is 0 Å². The maximum absolute atomic E-state index is 12.3. The molecule has 5 nitrogen and oxygen atoms in total. The lowest BCUT2D eigenvalue weighted by Gasteiger charge is -2.20. The van der Waals surface area contributed by atoms with E-state index in [1.54, 1.807) is 0 Å². The van der Waals surface area contributed by atoms with E-state index in [-0.39, 0.29) is 17.9 Å². The molecule has 1 aromatic carbocycles. The van der Waals surface area contributed by atoms with E-state index in [1.165, 1.54) is 30.3 Å². The van der Waals surface area contributed by atoms with Crippen molar-refractivity contribution in [2.75, 3.05) is 13.1 Å². The Morgan fingerprint density at radius 3 is 2.60 bits per heavy atom. The average Bonchev–Trinajstić information content (AvgIpc) is 2.37. The number of rotatable bonds is 7. The fourth-order valence-electron chi connectivity index (χ4n) is 1.55. The van der Waals surface area contributed by atoms with Crippen molar-refractivity contribution >= 4 is 11.9 Å². The number of hydrogen-bond acceptors (Lipinski definition) is 3. The second-order valence-electron chi connectivity index (χ2n) is 3.74. The summed E-state index contributed by atoms with van der Waals surface area (Å²) in [6, 6.07) is 5.41. The van der Waals surface area contributed by atoms with Gasteiger partial charge in [0.25, 0.3) is 5.91 Å². The first kappa shape index (κ1) is 15.6. The van der Waals surface area contributed by atoms with Gasteiger partial charge in [-0.25, -0.2) is 0 Å². The molecule has 7 heteroatoms. The van der Waals surface area contributed by atoms with E-state index in [0.29, 0.717) is 0 Å². The molecule has 0 heterocycles. The Bertz CT molecular complexity index is 505. The molecule has 0 atom stereocenters. The number of halogens is 2. The van der Waals surface area contributed by atoms with Crippen molar-refractivity contribution in [2.45, 2.75) is 6.61 Å². The highest BCUT2D eigenvalue weighted by Crippen LogP contribution is 2.21. The van der Waals surface area contributed by atoms with Crippen LogP contribution in [0.4, 0.5) is 8.78 Å². The molecule has 1 amide bonds. The molecular weight excluding hydrogens is 272 g/mol. The predicted octanol–water partition coefficient (Wildman–Crippen LogP) is 2.00. The van der Waals surface area contributed by atoms with Gasteiger partial charge in [0.1, 0.15) is 12.3 Å². The molecule has 0 unspecified atom stereocenters. The Balaban J connectivity index is 3.04. The van der Waals surface area contributed by atoms with E-state index in [4.69, 9.17) is 5.11 Å². The van der Waals surface area contributed by atoms with Crippen molar-refractivity contribution in [1.82, 2.24) is 4.90 Å². The third-order valence-corrected chi connectivity index (χ3v) is 2.30. The first-order chi connectivity index (χ1) is 9.45. The fourth-order valence-corrected chi connectivity index (χ4v) is 1.55. The predicted molar refractivity (Wildman–Crippen MR) is 66.8 cm³/mol. The number of aliphatic carboxylic acids is 1. The number of carbonyl (C=O) groups is 2. The number of ether oxygens (including phenoxy) is 1. The molecule has 108 valence electrons. The van der Waals surface area contributed by atoms with Crippen molar-refractivity contribution in [3.8, 4) is 5.75 Å². The molecule has 0 bridgehead atoms. The van der Waals surface area contributed by atoms with Gasteiger partial charge in [-0.3, -0.25) is 9.59 Å². The third-order valence-electron chi connectivity index (χ3n) is 2.30. The molecule has 20 heavy (non-hydrogen) atoms. The summed E-state index contributed by atoms with van der Waals surface area (Å²) in [5, 5.41) is 8.74. The maximum atomic E-state index is 12.3. The average molecular weight is 285 g/mol. The summed E-state index contributed by atoms with van der Waals surface area (Å²) in [6.07, 6.45) is 1.34. The fraction of sp³-hybridized carbons (Fsp3) is 0.231. The van der Waals surface area contributed by atoms with Crippen LogP contribution in [0.1, 0.15) is 10.4 Å². The zero-order valence-electron chi connectivity index (χ0n) is 10.5. The van der Waals surface area contributed by atoms with Gasteiger partial charge in [0.15, 0.2) is 0 Å². The van der Waals surface area contributed by atoms with E-state index in [9.17, 15) is 18.4 Å². The second-order valence-corrected chi connectivity index (χ2v) is 3.74. The van der Waals surface area contributed by atoms with Crippen LogP contribution in [0.2, 0.25) is 0 Å². The zero-order valence-corrected chi connectivity index (χ0v) is 10.5. The Morgan fingerprint density at radius 2 is 2.05 bits per heavy atom. The highest BCUT2D eigenvalue weighted by atomic mass is 19.3. The summed E-state index contributed by atoms with van der Waals surface area (Å²) in [6.45, 7) is -0.238. The van der Waals surface area contributed by atoms with Gasteiger partial charge < -0.3 is 14.7 Å². The number of para-hydroxylation sites is 1. The number of carboxylic acids is 1. The topological polar surface area (TPSA) is 66.8 Å². The summed E-state index contributed by atoms with van der Waals surface area (Å²) in [5.41, 5.74) is -0.129. The van der Waals surface area contributed by atoms with Crippen molar-refractivity contribution in [3.63, 3.8) is 0 Å². The Morgan fingerprint density at radius 1 is 1.40 bits per heavy atom. The largest absolute Gasteiger partial charge is 0.480 e. The van der Waals surface area contributed by atoms with Crippen molar-refractivity contribution in [3.05, 3.63) is 42.5 Å². The van der Waals surface area contributed by atoms with E-state index >= 15 is 0 Å². The first-order valence-corrected chi connectivity index (χ1v) is 5.61. The first-order valence-electron chi connectivity index (χ1n) is 5.61. The number of carboxylic acid groups (broad SMARTS) is 1. The van der Waals surface area contributed by atoms with Gasteiger partial charge >= 0.3 is 12.6 Å². The monoisotopic (exact) mass is 285 g/mol. The molecule has 0 saturated carbocycles. The molecule has 0 saturated heterocycles. The molecule has 0 radical (unpaired) electrons. The zero-order chi connectivity index (χ0) is 15.1. The Kier molecular flexibility index (Phi) is 5.64. The minimum atomic E-state index is -3.07. The highest BCUT2D eigenvalue weighted by Gasteiger charge is 2.21. The minimum absolute atomic E-state index is 0.0197. The molecule has 0 fully saturated rings. The quantitative estimate of drug-likeness (QED) is 0.778. The van der Waals surface area contributed by atoms with Crippen LogP contribution in [-0.4, -0.2) is 41.6 Å². The van der Waals surface area contributed by atoms with E-state index in [2.05, 4.69) is 11.3 Å². The molecule has 0 spiro atoms. The van der Waals surface area contributed by atoms with Crippen LogP contribution < -0.4 is 4.74 Å². The molecule has 1 aromatic rings. The SMILES string of the molecule is C=CCN(CC(=O)O)C(=O)c1ccccc1OC(F)F. The molecule has 0 aliphatic rings. The minimum Gasteiger partial charge on any atom is -0.480 e. The molecule has 0 aromatic heterocycles. The lowest BCUT2D eigenvalue weighted by molar-refractivity contribution is -0.137. The summed E-state index contributed by atoms with van der Waals surface area (Å²) in [5.74, 6) is -2.23. The van der Waals surface area contributed by atoms with Gasteiger partial charge in [-0.2, -0.15) is 8.78 Å². The van der Waals surface area contributed by atoms with Gasteiger partial charge in [0.2, 0.25) is 0 Å². The van der Waals surface area contributed by atoms with Gasteiger partial charge in [0, 0.05) is 6.54 Å². The third kappa shape index (κ3) is 4.34. The number of benzene rings is 1. The number of alkyl halides is 2. The van der Waals surface area contributed by atoms with Crippen LogP contribution in [0.15, 0.2) is 36.9 Å². The smallest absolute Gasteiger partial charge is 0.387 e. The lowest BCUT2D eigenvalue weighted by Crippen LogP contribution is -2.36. The van der Waals surface area contributed by atoms with Crippen LogP contribution in [-0.2, 0) is 4.79 Å². The molecule has 1 N–H and O–H groups in total. The number of carbonyl (C=O) groups excluding carboxylic acids is 1. The number of nitrogens with zero attached hydrogens (tertiary/aromatic N) is 1. The molecule has 1 rings (SSSR count). The van der Waals surface area contributed by atoms with E-state index in [1.807, 2.05) is 0 Å². The summed E-state index contributed by atoms with van der Waals surface area (Å²) < 4.78 is 28.8. The van der Waals surface area contributed by atoms with Crippen LogP contribution in [0.5, 0.6) is 5.75 Å². The van der Waals surface area contributed by atoms with Crippen molar-refractivity contribution in [2.24, 2.45) is 0 Å².